The van der Waals surface area contributed by atoms with Crippen molar-refractivity contribution >= 4 is 45.9 Å². The third kappa shape index (κ3) is 8.50. The number of nitrogens with one attached hydrogen (secondary N) is 4. The molecule has 0 spiro atoms. The molecule has 16 nitrogen and oxygen atoms in total. The number of ether oxygens (including phenoxy) is 2. The standard InChI is InChI=1S/C44H56N10O6/c1-7-25(8-2)37(49-43(57)59-5)41(55)53-19-11-13-35(53)39-45-24-34(48-39)29-16-15-27-21-31(51-52-32(27)22-29)28-17-18-30-33(23-28)47-40(46-30)36-14-12-20-54(36)42(56)38(26(9-3)10-4)50-44(58)60-6/h15-18,21-26,35-38H,7-14,19-20H2,1-6H3,(H,45,48)(H,46,47)(H,49,57)(H,50,58). The number of aromatic amines is 2. The Hall–Kier alpha value is -6.06. The zero-order chi connectivity index (χ0) is 42.5. The van der Waals surface area contributed by atoms with Crippen LogP contribution < -0.4 is 10.6 Å². The third-order valence-corrected chi connectivity index (χ3v) is 12.5. The van der Waals surface area contributed by atoms with Crippen molar-refractivity contribution in [3.05, 3.63) is 60.3 Å². The molecule has 0 aliphatic carbocycles. The number of rotatable bonds is 14. The van der Waals surface area contributed by atoms with Crippen LogP contribution in [0, 0.1) is 11.8 Å². The van der Waals surface area contributed by atoms with Crippen molar-refractivity contribution in [3.63, 3.8) is 0 Å². The molecule has 5 aromatic rings. The maximum atomic E-state index is 14.0. The zero-order valence-electron chi connectivity index (χ0n) is 35.3. The summed E-state index contributed by atoms with van der Waals surface area (Å²) in [6.07, 6.45) is 6.73. The molecule has 4 N–H and O–H groups in total. The van der Waals surface area contributed by atoms with E-state index in [4.69, 9.17) is 19.4 Å². The lowest BCUT2D eigenvalue weighted by molar-refractivity contribution is -0.136. The molecular weight excluding hydrogens is 765 g/mol. The lowest BCUT2D eigenvalue weighted by Gasteiger charge is -2.31. The van der Waals surface area contributed by atoms with Crippen molar-refractivity contribution in [2.24, 2.45) is 11.8 Å². The highest BCUT2D eigenvalue weighted by Gasteiger charge is 2.40. The molecule has 2 aliphatic rings. The molecule has 2 aliphatic heterocycles. The van der Waals surface area contributed by atoms with Crippen LogP contribution in [0.1, 0.15) is 103 Å². The molecule has 2 saturated heterocycles. The van der Waals surface area contributed by atoms with Crippen LogP contribution in [0.15, 0.2) is 48.7 Å². The summed E-state index contributed by atoms with van der Waals surface area (Å²) in [5.74, 6) is 1.13. The molecule has 318 valence electrons. The van der Waals surface area contributed by atoms with Gasteiger partial charge in [0.25, 0.3) is 0 Å². The van der Waals surface area contributed by atoms with E-state index in [9.17, 15) is 19.2 Å². The number of carbonyl (C=O) groups excluding carboxylic acids is 4. The highest BCUT2D eigenvalue weighted by Crippen LogP contribution is 2.36. The summed E-state index contributed by atoms with van der Waals surface area (Å²) in [4.78, 5) is 72.5. The first-order valence-corrected chi connectivity index (χ1v) is 21.2. The van der Waals surface area contributed by atoms with Crippen molar-refractivity contribution in [2.45, 2.75) is 103 Å². The number of hydrogen-bond acceptors (Lipinski definition) is 10. The largest absolute Gasteiger partial charge is 0.453 e. The number of methoxy groups -OCH3 is 2. The maximum absolute atomic E-state index is 14.0. The molecular formula is C44H56N10O6. The fourth-order valence-electron chi connectivity index (χ4n) is 8.99. The Balaban J connectivity index is 1.07. The Labute approximate surface area is 349 Å². The first-order chi connectivity index (χ1) is 29.1. The van der Waals surface area contributed by atoms with E-state index < -0.39 is 24.3 Å². The van der Waals surface area contributed by atoms with Crippen LogP contribution >= 0.6 is 0 Å². The molecule has 7 rings (SSSR count). The molecule has 16 heteroatoms. The number of benzene rings is 2. The minimum Gasteiger partial charge on any atom is -0.453 e. The fraction of sp³-hybridized carbons (Fsp3) is 0.500. The van der Waals surface area contributed by atoms with Crippen LogP contribution in [0.3, 0.4) is 0 Å². The van der Waals surface area contributed by atoms with Gasteiger partial charge >= 0.3 is 12.2 Å². The SMILES string of the molecule is CCC(CC)C(NC(=O)OC)C(=O)N1CCCC1c1ncc(-c2ccc3cc(-c4ccc5nc(C6CCCN6C(=O)C(NC(=O)OC)C(CC)CC)[nH]c5c4)nnc3c2)[nH]1. The van der Waals surface area contributed by atoms with Gasteiger partial charge in [0.05, 0.1) is 60.4 Å². The van der Waals surface area contributed by atoms with Crippen LogP contribution in [0.2, 0.25) is 0 Å². The van der Waals surface area contributed by atoms with Gasteiger partial charge in [0.15, 0.2) is 0 Å². The first-order valence-electron chi connectivity index (χ1n) is 21.2. The van der Waals surface area contributed by atoms with Gasteiger partial charge in [0.1, 0.15) is 23.7 Å². The van der Waals surface area contributed by atoms with Gasteiger partial charge < -0.3 is 39.9 Å². The normalized spacial score (nSPS) is 17.7. The van der Waals surface area contributed by atoms with Gasteiger partial charge in [0, 0.05) is 29.6 Å². The summed E-state index contributed by atoms with van der Waals surface area (Å²) in [5, 5.41) is 15.7. The molecule has 2 aromatic carbocycles. The van der Waals surface area contributed by atoms with Crippen LogP contribution in [0.4, 0.5) is 9.59 Å². The second kappa shape index (κ2) is 18.5. The molecule has 3 aromatic heterocycles. The first kappa shape index (κ1) is 42.1. The minimum atomic E-state index is -0.680. The predicted molar refractivity (Wildman–Crippen MR) is 226 cm³/mol. The third-order valence-electron chi connectivity index (χ3n) is 12.5. The number of hydrogen-bond donors (Lipinski definition) is 4. The van der Waals surface area contributed by atoms with Gasteiger partial charge in [0.2, 0.25) is 11.8 Å². The number of nitrogens with zero attached hydrogens (tertiary/aromatic N) is 6. The lowest BCUT2D eigenvalue weighted by Crippen LogP contribution is -2.52. The van der Waals surface area contributed by atoms with E-state index in [1.165, 1.54) is 14.2 Å². The molecule has 0 bridgehead atoms. The summed E-state index contributed by atoms with van der Waals surface area (Å²) in [5.41, 5.74) is 5.59. The smallest absolute Gasteiger partial charge is 0.407 e. The number of amides is 4. The van der Waals surface area contributed by atoms with Crippen LogP contribution in [0.25, 0.3) is 44.5 Å². The van der Waals surface area contributed by atoms with E-state index >= 15 is 0 Å². The average Bonchev–Trinajstić information content (AvgIpc) is 4.12. The van der Waals surface area contributed by atoms with E-state index in [0.29, 0.717) is 30.4 Å². The molecule has 4 unspecified atom stereocenters. The number of imidazole rings is 2. The maximum Gasteiger partial charge on any atom is 0.407 e. The van der Waals surface area contributed by atoms with Crippen LogP contribution in [0.5, 0.6) is 0 Å². The van der Waals surface area contributed by atoms with Gasteiger partial charge in [-0.05, 0) is 61.8 Å². The number of aromatic nitrogens is 6. The fourth-order valence-corrected chi connectivity index (χ4v) is 8.99. The number of alkyl carbamates (subject to hydrolysis) is 2. The molecule has 0 radical (unpaired) electrons. The lowest BCUT2D eigenvalue weighted by atomic mass is 9.93. The minimum absolute atomic E-state index is 0.0189. The molecule has 60 heavy (non-hydrogen) atoms. The van der Waals surface area contributed by atoms with Crippen molar-refractivity contribution < 1.29 is 28.7 Å². The van der Waals surface area contributed by atoms with Crippen LogP contribution in [-0.4, -0.2) is 103 Å². The number of H-pyrrole nitrogens is 2. The Bertz CT molecular complexity index is 2330. The number of carbonyl (C=O) groups is 4. The quantitative estimate of drug-likeness (QED) is 0.0887. The Morgan fingerprint density at radius 3 is 1.88 bits per heavy atom. The molecule has 0 saturated carbocycles. The summed E-state index contributed by atoms with van der Waals surface area (Å²) >= 11 is 0. The van der Waals surface area contributed by atoms with Crippen molar-refractivity contribution in [1.82, 2.24) is 50.6 Å². The van der Waals surface area contributed by atoms with E-state index in [1.54, 1.807) is 6.20 Å². The summed E-state index contributed by atoms with van der Waals surface area (Å²) in [7, 11) is 2.61. The second-order valence-corrected chi connectivity index (χ2v) is 15.8. The van der Waals surface area contributed by atoms with Crippen molar-refractivity contribution in [3.8, 4) is 22.5 Å². The summed E-state index contributed by atoms with van der Waals surface area (Å²) in [6.45, 7) is 9.26. The number of fused-ring (bicyclic) bond motifs is 2. The number of likely N-dealkylation sites (tertiary alicyclic amines) is 2. The van der Waals surface area contributed by atoms with Crippen molar-refractivity contribution in [1.29, 1.82) is 0 Å². The van der Waals surface area contributed by atoms with E-state index in [-0.39, 0.29) is 35.7 Å². The Kier molecular flexibility index (Phi) is 13.0. The molecule has 4 atom stereocenters. The predicted octanol–water partition coefficient (Wildman–Crippen LogP) is 7.21. The van der Waals surface area contributed by atoms with Crippen LogP contribution in [-0.2, 0) is 19.1 Å². The molecule has 4 amide bonds. The van der Waals surface area contributed by atoms with E-state index in [0.717, 1.165) is 90.1 Å². The van der Waals surface area contributed by atoms with Crippen molar-refractivity contribution in [2.75, 3.05) is 27.3 Å². The second-order valence-electron chi connectivity index (χ2n) is 15.8. The Morgan fingerprint density at radius 2 is 1.30 bits per heavy atom. The van der Waals surface area contributed by atoms with Gasteiger partial charge in [-0.1, -0.05) is 71.6 Å². The topological polar surface area (TPSA) is 200 Å². The average molecular weight is 821 g/mol. The molecule has 5 heterocycles. The van der Waals surface area contributed by atoms with E-state index in [1.807, 2.05) is 80.0 Å². The summed E-state index contributed by atoms with van der Waals surface area (Å²) in [6, 6.07) is 12.1. The molecule has 2 fully saturated rings. The highest BCUT2D eigenvalue weighted by atomic mass is 16.5. The van der Waals surface area contributed by atoms with Gasteiger partial charge in [-0.3, -0.25) is 9.59 Å². The monoisotopic (exact) mass is 820 g/mol. The van der Waals surface area contributed by atoms with Gasteiger partial charge in [-0.25, -0.2) is 19.6 Å². The van der Waals surface area contributed by atoms with E-state index in [2.05, 4.69) is 30.8 Å². The Morgan fingerprint density at radius 1 is 0.717 bits per heavy atom. The highest BCUT2D eigenvalue weighted by molar-refractivity contribution is 5.89. The van der Waals surface area contributed by atoms with Gasteiger partial charge in [-0.2, -0.15) is 0 Å². The zero-order valence-corrected chi connectivity index (χ0v) is 35.3. The van der Waals surface area contributed by atoms with Gasteiger partial charge in [-0.15, -0.1) is 10.2 Å². The summed E-state index contributed by atoms with van der Waals surface area (Å²) < 4.78 is 9.71.